The summed E-state index contributed by atoms with van der Waals surface area (Å²) in [6, 6.07) is 12.0. The Balaban J connectivity index is 0.000000441. The number of benzene rings is 2. The van der Waals surface area contributed by atoms with E-state index >= 15 is 0 Å². The van der Waals surface area contributed by atoms with Gasteiger partial charge in [0.05, 0.1) is 51.7 Å². The molecule has 0 amide bonds. The standard InChI is InChI=1S/C15H42NO3Si4.C14H12O6S/c1-16(2,3)14-13-15-23(12,18-21(7,8)9)19-22(10,11)17-20(4,5)6;1-18-12-8-11(15)10(7-13(12)21-20-19-17)14(16)9-5-3-2-4-6-9/h13-15H2,1-12H3;2-8,15,17H,1H3/q+1;/p-1. The molecule has 10 nitrogen and oxygen atoms in total. The maximum absolute atomic E-state index is 12.3. The van der Waals surface area contributed by atoms with Gasteiger partial charge in [0.1, 0.15) is 5.75 Å². The van der Waals surface area contributed by atoms with Crippen molar-refractivity contribution in [2.45, 2.75) is 76.3 Å². The van der Waals surface area contributed by atoms with Gasteiger partial charge in [-0.3, -0.25) is 4.79 Å². The van der Waals surface area contributed by atoms with E-state index in [0.717, 1.165) is 23.5 Å². The molecule has 1 N–H and O–H groups in total. The molecule has 1 atom stereocenters. The highest BCUT2D eigenvalue weighted by atomic mass is 32.2. The quantitative estimate of drug-likeness (QED) is 0.0489. The molecule has 0 spiro atoms. The monoisotopic (exact) mass is 703 g/mol. The predicted molar refractivity (Wildman–Crippen MR) is 184 cm³/mol. The molecule has 2 aromatic carbocycles. The Labute approximate surface area is 273 Å². The van der Waals surface area contributed by atoms with Crippen LogP contribution in [0.2, 0.25) is 65.0 Å². The number of carbonyl (C=O) groups is 1. The first-order chi connectivity index (χ1) is 20.0. The van der Waals surface area contributed by atoms with Crippen molar-refractivity contribution < 1.29 is 46.1 Å². The number of hydrogen-bond donors (Lipinski definition) is 1. The van der Waals surface area contributed by atoms with Crippen LogP contribution in [0.15, 0.2) is 47.4 Å². The number of rotatable bonds is 16. The number of nitrogens with zero attached hydrogens (tertiary/aromatic N) is 1. The Morgan fingerprint density at radius 2 is 1.45 bits per heavy atom. The van der Waals surface area contributed by atoms with Crippen molar-refractivity contribution in [2.75, 3.05) is 34.8 Å². The largest absolute Gasteiger partial charge is 0.872 e. The van der Waals surface area contributed by atoms with E-state index in [2.05, 4.69) is 89.4 Å². The molecular formula is C29H53NO9SSi4. The number of hydrogen-bond acceptors (Lipinski definition) is 10. The summed E-state index contributed by atoms with van der Waals surface area (Å²) in [5.41, 5.74) is 0.376. The molecule has 0 fully saturated rings. The summed E-state index contributed by atoms with van der Waals surface area (Å²) < 4.78 is 30.0. The Bertz CT molecular complexity index is 1190. The Kier molecular flexibility index (Phi) is 15.7. The van der Waals surface area contributed by atoms with Crippen molar-refractivity contribution >= 4 is 51.6 Å². The first-order valence-corrected chi connectivity index (χ1v) is 27.4. The van der Waals surface area contributed by atoms with Gasteiger partial charge in [0, 0.05) is 11.1 Å². The molecule has 0 saturated carbocycles. The second-order valence-electron chi connectivity index (χ2n) is 14.1. The normalized spacial score (nSPS) is 14.0. The van der Waals surface area contributed by atoms with E-state index < -0.39 is 45.3 Å². The predicted octanol–water partition coefficient (Wildman–Crippen LogP) is 7.00. The zero-order valence-corrected chi connectivity index (χ0v) is 33.5. The zero-order chi connectivity index (χ0) is 34.0. The molecule has 0 aliphatic rings. The SMILES string of the molecule is COc1cc([O-])c(C(=O)c2ccccc2)cc1SOOO.C[N+](C)(C)CCC[Si](C)(O[Si](C)(C)C)O[Si](C)(C)O[Si](C)(C)C. The summed E-state index contributed by atoms with van der Waals surface area (Å²) in [5, 5.41) is 23.7. The van der Waals surface area contributed by atoms with Gasteiger partial charge < -0.3 is 26.7 Å². The smallest absolute Gasteiger partial charge is 0.316 e. The van der Waals surface area contributed by atoms with E-state index in [9.17, 15) is 9.90 Å². The van der Waals surface area contributed by atoms with Crippen molar-refractivity contribution in [3.63, 3.8) is 0 Å². The first-order valence-electron chi connectivity index (χ1n) is 14.5. The number of ketones is 1. The van der Waals surface area contributed by atoms with Crippen LogP contribution >= 0.6 is 12.0 Å². The molecule has 1 unspecified atom stereocenters. The third-order valence-corrected chi connectivity index (χ3v) is 19.9. The number of quaternary nitrogens is 1. The molecule has 0 radical (unpaired) electrons. The van der Waals surface area contributed by atoms with Crippen molar-refractivity contribution in [3.05, 3.63) is 53.6 Å². The lowest BCUT2D eigenvalue weighted by atomic mass is 10.0. The maximum Gasteiger partial charge on any atom is 0.316 e. The van der Waals surface area contributed by atoms with Crippen molar-refractivity contribution in [2.24, 2.45) is 0 Å². The highest BCUT2D eigenvalue weighted by molar-refractivity contribution is 7.94. The van der Waals surface area contributed by atoms with E-state index in [1.165, 1.54) is 19.2 Å². The van der Waals surface area contributed by atoms with E-state index in [4.69, 9.17) is 22.3 Å². The fourth-order valence-electron chi connectivity index (χ4n) is 4.66. The average molecular weight is 704 g/mol. The number of carbonyl (C=O) groups excluding carboxylic acids is 1. The summed E-state index contributed by atoms with van der Waals surface area (Å²) >= 11 is 0.619. The molecule has 0 aliphatic heterocycles. The Hall–Kier alpha value is -1.35. The lowest BCUT2D eigenvalue weighted by Crippen LogP contribution is -2.57. The van der Waals surface area contributed by atoms with Gasteiger partial charge in [-0.2, -0.15) is 0 Å². The van der Waals surface area contributed by atoms with Crippen LogP contribution in [0, 0.1) is 0 Å². The molecule has 0 saturated heterocycles. The second-order valence-corrected chi connectivity index (χ2v) is 31.3. The molecule has 0 heterocycles. The lowest BCUT2D eigenvalue weighted by Gasteiger charge is -2.41. The van der Waals surface area contributed by atoms with Crippen LogP contribution in [0.4, 0.5) is 0 Å². The first kappa shape index (κ1) is 40.7. The van der Waals surface area contributed by atoms with Crippen LogP contribution < -0.4 is 9.84 Å². The minimum Gasteiger partial charge on any atom is -0.872 e. The summed E-state index contributed by atoms with van der Waals surface area (Å²) in [6.07, 6.45) is 1.15. The highest BCUT2D eigenvalue weighted by Crippen LogP contribution is 2.35. The van der Waals surface area contributed by atoms with Crippen molar-refractivity contribution in [1.29, 1.82) is 0 Å². The minimum absolute atomic E-state index is 0.0222. The second kappa shape index (κ2) is 17.0. The molecule has 15 heteroatoms. The summed E-state index contributed by atoms with van der Waals surface area (Å²) in [7, 11) is 0.498. The summed E-state index contributed by atoms with van der Waals surface area (Å²) in [6.45, 7) is 21.3. The number of methoxy groups -OCH3 is 1. The molecule has 2 aromatic rings. The van der Waals surface area contributed by atoms with Gasteiger partial charge in [-0.1, -0.05) is 41.1 Å². The minimum atomic E-state index is -2.21. The molecule has 0 aromatic heterocycles. The van der Waals surface area contributed by atoms with Crippen molar-refractivity contribution in [1.82, 2.24) is 0 Å². The van der Waals surface area contributed by atoms with E-state index in [-0.39, 0.29) is 11.3 Å². The summed E-state index contributed by atoms with van der Waals surface area (Å²) in [4.78, 5) is 12.6. The topological polar surface area (TPSA) is 116 Å². The Morgan fingerprint density at radius 3 is 1.93 bits per heavy atom. The average Bonchev–Trinajstić information content (AvgIpc) is 2.84. The molecule has 2 rings (SSSR count). The fraction of sp³-hybridized carbons (Fsp3) is 0.552. The molecule has 0 aliphatic carbocycles. The third kappa shape index (κ3) is 16.3. The maximum atomic E-state index is 12.3. The van der Waals surface area contributed by atoms with Crippen LogP contribution in [-0.4, -0.2) is 84.1 Å². The van der Waals surface area contributed by atoms with Gasteiger partial charge in [-0.25, -0.2) is 5.26 Å². The van der Waals surface area contributed by atoms with E-state index in [1.54, 1.807) is 30.3 Å². The van der Waals surface area contributed by atoms with Gasteiger partial charge in [0.2, 0.25) is 0 Å². The van der Waals surface area contributed by atoms with E-state index in [1.807, 2.05) is 0 Å². The van der Waals surface area contributed by atoms with Crippen LogP contribution in [0.5, 0.6) is 11.5 Å². The Morgan fingerprint density at radius 1 is 0.886 bits per heavy atom. The van der Waals surface area contributed by atoms with E-state index in [0.29, 0.717) is 22.5 Å². The van der Waals surface area contributed by atoms with Gasteiger partial charge in [-0.05, 0) is 83.5 Å². The molecule has 0 bridgehead atoms. The van der Waals surface area contributed by atoms with Gasteiger partial charge in [-0.15, -0.1) is 4.33 Å². The van der Waals surface area contributed by atoms with Gasteiger partial charge in [0.15, 0.2) is 22.4 Å². The highest BCUT2D eigenvalue weighted by Gasteiger charge is 2.44. The van der Waals surface area contributed by atoms with Crippen molar-refractivity contribution in [3.8, 4) is 11.5 Å². The van der Waals surface area contributed by atoms with Gasteiger partial charge >= 0.3 is 17.1 Å². The zero-order valence-electron chi connectivity index (χ0n) is 28.7. The van der Waals surface area contributed by atoms with Crippen LogP contribution in [-0.2, 0) is 21.7 Å². The molecule has 250 valence electrons. The van der Waals surface area contributed by atoms with Crippen LogP contribution in [0.3, 0.4) is 0 Å². The number of ether oxygens (including phenoxy) is 1. The fourth-order valence-corrected chi connectivity index (χ4v) is 23.1. The van der Waals surface area contributed by atoms with Crippen LogP contribution in [0.25, 0.3) is 0 Å². The van der Waals surface area contributed by atoms with Gasteiger partial charge in [0.25, 0.3) is 0 Å². The lowest BCUT2D eigenvalue weighted by molar-refractivity contribution is -0.870. The third-order valence-electron chi connectivity index (χ3n) is 5.70. The molecule has 44 heavy (non-hydrogen) atoms. The molecular weight excluding hydrogens is 651 g/mol. The van der Waals surface area contributed by atoms with Crippen LogP contribution in [0.1, 0.15) is 22.3 Å². The summed E-state index contributed by atoms with van der Waals surface area (Å²) in [5.74, 6) is -0.656.